The average Bonchev–Trinajstić information content (AvgIpc) is 3.35. The van der Waals surface area contributed by atoms with E-state index in [-0.39, 0.29) is 0 Å². The van der Waals surface area contributed by atoms with Gasteiger partial charge in [-0.15, -0.1) is 0 Å². The van der Waals surface area contributed by atoms with Gasteiger partial charge in [0.25, 0.3) is 0 Å². The minimum absolute atomic E-state index is 0.489. The summed E-state index contributed by atoms with van der Waals surface area (Å²) in [5.41, 5.74) is 2.38. The van der Waals surface area contributed by atoms with Crippen LogP contribution in [0, 0.1) is 13.8 Å². The van der Waals surface area contributed by atoms with Crippen molar-refractivity contribution < 1.29 is 8.94 Å². The lowest BCUT2D eigenvalue weighted by Crippen LogP contribution is -2.15. The molecular weight excluding hydrogens is 336 g/mol. The van der Waals surface area contributed by atoms with Gasteiger partial charge in [-0.25, -0.2) is 4.98 Å². The van der Waals surface area contributed by atoms with E-state index in [4.69, 9.17) is 13.9 Å². The number of hydrogen-bond acceptors (Lipinski definition) is 6. The van der Waals surface area contributed by atoms with Gasteiger partial charge in [0.1, 0.15) is 0 Å². The van der Waals surface area contributed by atoms with E-state index < -0.39 is 0 Å². The molecular formula is C18H22N4O2S. The van der Waals surface area contributed by atoms with Crippen molar-refractivity contribution in [2.75, 3.05) is 0 Å². The zero-order valence-electron chi connectivity index (χ0n) is 14.6. The third kappa shape index (κ3) is 3.38. The van der Waals surface area contributed by atoms with Crippen molar-refractivity contribution in [2.24, 2.45) is 0 Å². The Morgan fingerprint density at radius 3 is 2.80 bits per heavy atom. The fourth-order valence-electron chi connectivity index (χ4n) is 3.41. The average molecular weight is 358 g/mol. The SMILES string of the molecule is Cc1nc(SCc2nc(-c3ccco3)no2)n(C2CCCCC2)c1C. The van der Waals surface area contributed by atoms with Gasteiger partial charge in [-0.05, 0) is 38.8 Å². The van der Waals surface area contributed by atoms with Crippen molar-refractivity contribution in [2.45, 2.75) is 62.9 Å². The molecule has 0 radical (unpaired) electrons. The molecule has 0 unspecified atom stereocenters. The van der Waals surface area contributed by atoms with Crippen molar-refractivity contribution in [3.05, 3.63) is 35.7 Å². The second kappa shape index (κ2) is 7.07. The molecule has 0 bridgehead atoms. The van der Waals surface area contributed by atoms with Gasteiger partial charge in [0, 0.05) is 11.7 Å². The van der Waals surface area contributed by atoms with E-state index in [1.54, 1.807) is 18.0 Å². The number of aromatic nitrogens is 4. The molecule has 6 nitrogen and oxygen atoms in total. The van der Waals surface area contributed by atoms with Gasteiger partial charge >= 0.3 is 0 Å². The molecule has 25 heavy (non-hydrogen) atoms. The summed E-state index contributed by atoms with van der Waals surface area (Å²) in [6.45, 7) is 4.25. The van der Waals surface area contributed by atoms with Crippen LogP contribution >= 0.6 is 11.8 Å². The lowest BCUT2D eigenvalue weighted by Gasteiger charge is -2.25. The molecule has 0 aromatic carbocycles. The number of aryl methyl sites for hydroxylation is 1. The summed E-state index contributed by atoms with van der Waals surface area (Å²) in [7, 11) is 0. The number of imidazole rings is 1. The predicted octanol–water partition coefficient (Wildman–Crippen LogP) is 4.94. The summed E-state index contributed by atoms with van der Waals surface area (Å²) >= 11 is 1.66. The molecule has 0 N–H and O–H groups in total. The third-order valence-corrected chi connectivity index (χ3v) is 5.77. The Labute approximate surface area is 151 Å². The summed E-state index contributed by atoms with van der Waals surface area (Å²) in [4.78, 5) is 9.18. The van der Waals surface area contributed by atoms with Crippen LogP contribution in [-0.4, -0.2) is 19.7 Å². The van der Waals surface area contributed by atoms with E-state index in [9.17, 15) is 0 Å². The van der Waals surface area contributed by atoms with Crippen LogP contribution < -0.4 is 0 Å². The molecule has 0 spiro atoms. The van der Waals surface area contributed by atoms with E-state index in [1.165, 1.54) is 37.8 Å². The van der Waals surface area contributed by atoms with E-state index in [0.717, 1.165) is 10.9 Å². The second-order valence-electron chi connectivity index (χ2n) is 6.50. The van der Waals surface area contributed by atoms with Crippen LogP contribution in [0.1, 0.15) is 55.4 Å². The minimum atomic E-state index is 0.489. The van der Waals surface area contributed by atoms with Gasteiger partial charge in [-0.3, -0.25) is 0 Å². The first-order chi connectivity index (χ1) is 12.2. The lowest BCUT2D eigenvalue weighted by molar-refractivity contribution is 0.332. The number of thioether (sulfide) groups is 1. The largest absolute Gasteiger partial charge is 0.461 e. The standard InChI is InChI=1S/C18H22N4O2S/c1-12-13(2)22(14-7-4-3-5-8-14)18(19-12)25-11-16-20-17(21-24-16)15-9-6-10-23-15/h6,9-10,14H,3-5,7-8,11H2,1-2H3. The Hall–Kier alpha value is -2.02. The van der Waals surface area contributed by atoms with Gasteiger partial charge in [0.2, 0.25) is 11.7 Å². The van der Waals surface area contributed by atoms with Crippen LogP contribution in [0.3, 0.4) is 0 Å². The fourth-order valence-corrected chi connectivity index (χ4v) is 4.41. The number of hydrogen-bond donors (Lipinski definition) is 0. The molecule has 1 aliphatic carbocycles. The molecule has 1 saturated carbocycles. The van der Waals surface area contributed by atoms with Gasteiger partial charge in [0.15, 0.2) is 10.9 Å². The van der Waals surface area contributed by atoms with Gasteiger partial charge in [-0.1, -0.05) is 36.2 Å². The van der Waals surface area contributed by atoms with Crippen LogP contribution in [0.15, 0.2) is 32.5 Å². The highest BCUT2D eigenvalue weighted by molar-refractivity contribution is 7.98. The van der Waals surface area contributed by atoms with Gasteiger partial charge in [0.05, 0.1) is 17.7 Å². The third-order valence-electron chi connectivity index (χ3n) is 4.83. The van der Waals surface area contributed by atoms with Gasteiger partial charge < -0.3 is 13.5 Å². The Morgan fingerprint density at radius 2 is 2.04 bits per heavy atom. The number of nitrogens with zero attached hydrogens (tertiary/aromatic N) is 4. The quantitative estimate of drug-likeness (QED) is 0.602. The normalized spacial score (nSPS) is 15.8. The minimum Gasteiger partial charge on any atom is -0.461 e. The smallest absolute Gasteiger partial charge is 0.238 e. The zero-order valence-corrected chi connectivity index (χ0v) is 15.4. The monoisotopic (exact) mass is 358 g/mol. The number of furan rings is 1. The molecule has 0 atom stereocenters. The molecule has 132 valence electrons. The van der Waals surface area contributed by atoms with Crippen LogP contribution in [0.5, 0.6) is 0 Å². The van der Waals surface area contributed by atoms with Crippen molar-refractivity contribution >= 4 is 11.8 Å². The molecule has 1 fully saturated rings. The number of rotatable bonds is 5. The Kier molecular flexibility index (Phi) is 4.65. The zero-order chi connectivity index (χ0) is 17.2. The Morgan fingerprint density at radius 1 is 1.20 bits per heavy atom. The first-order valence-corrected chi connectivity index (χ1v) is 9.75. The van der Waals surface area contributed by atoms with Crippen LogP contribution in [0.2, 0.25) is 0 Å². The molecule has 3 heterocycles. The summed E-state index contributed by atoms with van der Waals surface area (Å²) in [6.07, 6.45) is 8.06. The van der Waals surface area contributed by atoms with Crippen LogP contribution in [0.4, 0.5) is 0 Å². The first kappa shape index (κ1) is 16.4. The molecule has 0 aliphatic heterocycles. The summed E-state index contributed by atoms with van der Waals surface area (Å²) in [5.74, 6) is 2.31. The molecule has 3 aromatic heterocycles. The fraction of sp³-hybridized carbons (Fsp3) is 0.500. The molecule has 4 rings (SSSR count). The highest BCUT2D eigenvalue weighted by Crippen LogP contribution is 2.35. The molecule has 1 aliphatic rings. The summed E-state index contributed by atoms with van der Waals surface area (Å²) in [5, 5.41) is 5.04. The molecule has 0 saturated heterocycles. The Balaban J connectivity index is 1.50. The van der Waals surface area contributed by atoms with Crippen molar-refractivity contribution in [3.8, 4) is 11.6 Å². The van der Waals surface area contributed by atoms with E-state index >= 15 is 0 Å². The highest BCUT2D eigenvalue weighted by Gasteiger charge is 2.22. The van der Waals surface area contributed by atoms with Crippen molar-refractivity contribution in [1.82, 2.24) is 19.7 Å². The molecule has 3 aromatic rings. The van der Waals surface area contributed by atoms with Crippen molar-refractivity contribution in [3.63, 3.8) is 0 Å². The maximum Gasteiger partial charge on any atom is 0.238 e. The molecule has 7 heteroatoms. The van der Waals surface area contributed by atoms with E-state index in [0.29, 0.717) is 29.3 Å². The van der Waals surface area contributed by atoms with Crippen LogP contribution in [-0.2, 0) is 5.75 Å². The Bertz CT molecular complexity index is 832. The second-order valence-corrected chi connectivity index (χ2v) is 7.45. The van der Waals surface area contributed by atoms with Crippen molar-refractivity contribution in [1.29, 1.82) is 0 Å². The predicted molar refractivity (Wildman–Crippen MR) is 95.4 cm³/mol. The molecule has 0 amide bonds. The first-order valence-electron chi connectivity index (χ1n) is 8.77. The highest BCUT2D eigenvalue weighted by atomic mass is 32.2. The lowest BCUT2D eigenvalue weighted by atomic mass is 9.95. The topological polar surface area (TPSA) is 69.9 Å². The maximum atomic E-state index is 5.35. The summed E-state index contributed by atoms with van der Waals surface area (Å²) in [6, 6.07) is 4.20. The maximum absolute atomic E-state index is 5.35. The van der Waals surface area contributed by atoms with Gasteiger partial charge in [-0.2, -0.15) is 4.98 Å². The van der Waals surface area contributed by atoms with Crippen LogP contribution in [0.25, 0.3) is 11.6 Å². The summed E-state index contributed by atoms with van der Waals surface area (Å²) < 4.78 is 13.1. The van der Waals surface area contributed by atoms with E-state index in [2.05, 4.69) is 28.6 Å². The van der Waals surface area contributed by atoms with E-state index in [1.807, 2.05) is 12.1 Å².